The Kier molecular flexibility index (Phi) is 5.90. The van der Waals surface area contributed by atoms with Crippen molar-refractivity contribution in [1.29, 1.82) is 0 Å². The van der Waals surface area contributed by atoms with E-state index in [1.807, 2.05) is 26.1 Å². The molecule has 0 bridgehead atoms. The highest BCUT2D eigenvalue weighted by atomic mass is 32.1. The van der Waals surface area contributed by atoms with Crippen molar-refractivity contribution in [3.05, 3.63) is 28.7 Å². The van der Waals surface area contributed by atoms with Gasteiger partial charge < -0.3 is 10.2 Å². The van der Waals surface area contributed by atoms with E-state index in [1.165, 1.54) is 32.1 Å². The van der Waals surface area contributed by atoms with Gasteiger partial charge in [-0.25, -0.2) is 15.0 Å². The first-order valence-corrected chi connectivity index (χ1v) is 11.2. The number of hydrogen-bond acceptors (Lipinski definition) is 6. The van der Waals surface area contributed by atoms with E-state index in [9.17, 15) is 4.79 Å². The highest BCUT2D eigenvalue weighted by Crippen LogP contribution is 2.35. The topological polar surface area (TPSA) is 71.0 Å². The van der Waals surface area contributed by atoms with Crippen molar-refractivity contribution in [1.82, 2.24) is 19.9 Å². The second-order valence-electron chi connectivity index (χ2n) is 8.08. The fourth-order valence-corrected chi connectivity index (χ4v) is 5.15. The Hall–Kier alpha value is -2.02. The first kappa shape index (κ1) is 19.3. The van der Waals surface area contributed by atoms with Crippen molar-refractivity contribution in [2.75, 3.05) is 11.9 Å². The van der Waals surface area contributed by atoms with E-state index in [0.29, 0.717) is 18.2 Å². The first-order valence-electron chi connectivity index (χ1n) is 10.4. The van der Waals surface area contributed by atoms with Gasteiger partial charge in [-0.3, -0.25) is 4.79 Å². The molecule has 1 aliphatic carbocycles. The van der Waals surface area contributed by atoms with E-state index < -0.39 is 0 Å². The SMILES string of the molecule is Cc1nc(Nc2ncc(C)s2)cc(C2CCCN2C(=O)CC2CCCCC2)n1. The molecule has 7 heteroatoms. The van der Waals surface area contributed by atoms with E-state index in [1.54, 1.807) is 11.3 Å². The Morgan fingerprint density at radius 3 is 2.75 bits per heavy atom. The van der Waals surface area contributed by atoms with Crippen LogP contribution in [0.2, 0.25) is 0 Å². The van der Waals surface area contributed by atoms with Crippen LogP contribution >= 0.6 is 11.3 Å². The number of aromatic nitrogens is 3. The molecule has 1 amide bonds. The minimum Gasteiger partial charge on any atom is -0.334 e. The zero-order valence-electron chi connectivity index (χ0n) is 16.8. The molecule has 150 valence electrons. The summed E-state index contributed by atoms with van der Waals surface area (Å²) in [5.41, 5.74) is 0.942. The second-order valence-corrected chi connectivity index (χ2v) is 9.31. The molecule has 1 saturated heterocycles. The summed E-state index contributed by atoms with van der Waals surface area (Å²) in [7, 11) is 0. The van der Waals surface area contributed by atoms with Crippen molar-refractivity contribution in [2.24, 2.45) is 5.92 Å². The van der Waals surface area contributed by atoms with Gasteiger partial charge >= 0.3 is 0 Å². The average molecular weight is 400 g/mol. The minimum atomic E-state index is 0.0661. The van der Waals surface area contributed by atoms with Crippen LogP contribution in [0.5, 0.6) is 0 Å². The lowest BCUT2D eigenvalue weighted by Crippen LogP contribution is -2.32. The molecule has 1 N–H and O–H groups in total. The van der Waals surface area contributed by atoms with E-state index in [0.717, 1.165) is 46.7 Å². The third kappa shape index (κ3) is 4.51. The number of hydrogen-bond donors (Lipinski definition) is 1. The summed E-state index contributed by atoms with van der Waals surface area (Å²) in [5.74, 6) is 2.35. The maximum absolute atomic E-state index is 13.0. The molecule has 2 aliphatic rings. The van der Waals surface area contributed by atoms with Gasteiger partial charge in [0, 0.05) is 30.1 Å². The maximum atomic E-state index is 13.0. The normalized spacial score (nSPS) is 20.5. The van der Waals surface area contributed by atoms with Crippen molar-refractivity contribution < 1.29 is 4.79 Å². The van der Waals surface area contributed by atoms with E-state index in [-0.39, 0.29) is 6.04 Å². The van der Waals surface area contributed by atoms with Crippen LogP contribution < -0.4 is 5.32 Å². The molecule has 6 nitrogen and oxygen atoms in total. The molecule has 1 saturated carbocycles. The van der Waals surface area contributed by atoms with Gasteiger partial charge in [0.2, 0.25) is 5.91 Å². The number of aryl methyl sites for hydroxylation is 2. The smallest absolute Gasteiger partial charge is 0.223 e. The van der Waals surface area contributed by atoms with Crippen LogP contribution in [-0.2, 0) is 4.79 Å². The molecule has 0 aromatic carbocycles. The standard InChI is InChI=1S/C21H29N5OS/c1-14-13-22-21(28-14)25-19-12-17(23-15(2)24-19)18-9-6-10-26(18)20(27)11-16-7-4-3-5-8-16/h12-13,16,18H,3-11H2,1-2H3,(H,22,23,24,25). The lowest BCUT2D eigenvalue weighted by molar-refractivity contribution is -0.133. The van der Waals surface area contributed by atoms with Gasteiger partial charge in [-0.1, -0.05) is 19.3 Å². The van der Waals surface area contributed by atoms with Crippen LogP contribution in [-0.4, -0.2) is 32.3 Å². The molecule has 1 unspecified atom stereocenters. The molecular formula is C21H29N5OS. The highest BCUT2D eigenvalue weighted by molar-refractivity contribution is 7.15. The largest absolute Gasteiger partial charge is 0.334 e. The lowest BCUT2D eigenvalue weighted by atomic mass is 9.86. The zero-order valence-corrected chi connectivity index (χ0v) is 17.6. The molecular weight excluding hydrogens is 370 g/mol. The molecule has 28 heavy (non-hydrogen) atoms. The van der Waals surface area contributed by atoms with Crippen LogP contribution in [0.4, 0.5) is 10.9 Å². The number of carbonyl (C=O) groups excluding carboxylic acids is 1. The van der Waals surface area contributed by atoms with Crippen LogP contribution in [0.25, 0.3) is 0 Å². The lowest BCUT2D eigenvalue weighted by Gasteiger charge is -2.28. The fraction of sp³-hybridized carbons (Fsp3) is 0.619. The van der Waals surface area contributed by atoms with Gasteiger partial charge in [-0.2, -0.15) is 0 Å². The monoisotopic (exact) mass is 399 g/mol. The highest BCUT2D eigenvalue weighted by Gasteiger charge is 2.32. The van der Waals surface area contributed by atoms with Crippen LogP contribution in [0.3, 0.4) is 0 Å². The summed E-state index contributed by atoms with van der Waals surface area (Å²) in [4.78, 5) is 29.8. The Morgan fingerprint density at radius 1 is 1.18 bits per heavy atom. The Balaban J connectivity index is 1.49. The fourth-order valence-electron chi connectivity index (χ4n) is 4.48. The zero-order chi connectivity index (χ0) is 19.5. The Bertz CT molecular complexity index is 830. The molecule has 0 radical (unpaired) electrons. The second kappa shape index (κ2) is 8.55. The third-order valence-corrected chi connectivity index (χ3v) is 6.64. The van der Waals surface area contributed by atoms with Gasteiger partial charge in [0.05, 0.1) is 11.7 Å². The van der Waals surface area contributed by atoms with Gasteiger partial charge in [0.25, 0.3) is 0 Å². The Labute approximate surface area is 170 Å². The molecule has 1 atom stereocenters. The molecule has 1 aliphatic heterocycles. The van der Waals surface area contributed by atoms with Crippen LogP contribution in [0.1, 0.15) is 73.8 Å². The van der Waals surface area contributed by atoms with Crippen molar-refractivity contribution in [3.8, 4) is 0 Å². The molecule has 2 aromatic rings. The molecule has 4 rings (SSSR count). The average Bonchev–Trinajstić information content (AvgIpc) is 3.31. The minimum absolute atomic E-state index is 0.0661. The number of rotatable bonds is 5. The molecule has 2 fully saturated rings. The van der Waals surface area contributed by atoms with E-state index in [2.05, 4.69) is 25.2 Å². The van der Waals surface area contributed by atoms with Gasteiger partial charge in [-0.05, 0) is 45.4 Å². The number of anilines is 2. The number of amides is 1. The quantitative estimate of drug-likeness (QED) is 0.772. The molecule has 2 aromatic heterocycles. The predicted octanol–water partition coefficient (Wildman–Crippen LogP) is 4.93. The van der Waals surface area contributed by atoms with Gasteiger partial charge in [0.1, 0.15) is 11.6 Å². The predicted molar refractivity (Wildman–Crippen MR) is 112 cm³/mol. The number of nitrogens with one attached hydrogen (secondary N) is 1. The Morgan fingerprint density at radius 2 is 2.00 bits per heavy atom. The number of likely N-dealkylation sites (tertiary alicyclic amines) is 1. The summed E-state index contributed by atoms with van der Waals surface area (Å²) < 4.78 is 0. The van der Waals surface area contributed by atoms with E-state index >= 15 is 0 Å². The van der Waals surface area contributed by atoms with Crippen molar-refractivity contribution in [2.45, 2.75) is 71.3 Å². The number of nitrogens with zero attached hydrogens (tertiary/aromatic N) is 4. The van der Waals surface area contributed by atoms with E-state index in [4.69, 9.17) is 0 Å². The number of thiazole rings is 1. The summed E-state index contributed by atoms with van der Waals surface area (Å²) in [5, 5.41) is 4.12. The molecule has 3 heterocycles. The van der Waals surface area contributed by atoms with Crippen LogP contribution in [0, 0.1) is 19.8 Å². The van der Waals surface area contributed by atoms with Gasteiger partial charge in [-0.15, -0.1) is 11.3 Å². The summed E-state index contributed by atoms with van der Waals surface area (Å²) >= 11 is 1.60. The maximum Gasteiger partial charge on any atom is 0.223 e. The van der Waals surface area contributed by atoms with Crippen molar-refractivity contribution >= 4 is 28.2 Å². The van der Waals surface area contributed by atoms with Crippen molar-refractivity contribution in [3.63, 3.8) is 0 Å². The molecule has 0 spiro atoms. The number of carbonyl (C=O) groups is 1. The first-order chi connectivity index (χ1) is 13.6. The summed E-state index contributed by atoms with van der Waals surface area (Å²) in [6.45, 7) is 4.78. The summed E-state index contributed by atoms with van der Waals surface area (Å²) in [6.07, 6.45) is 10.9. The third-order valence-electron chi connectivity index (χ3n) is 5.82. The van der Waals surface area contributed by atoms with Crippen LogP contribution in [0.15, 0.2) is 12.3 Å². The summed E-state index contributed by atoms with van der Waals surface area (Å²) in [6, 6.07) is 2.05. The van der Waals surface area contributed by atoms with Gasteiger partial charge in [0.15, 0.2) is 5.13 Å².